The van der Waals surface area contributed by atoms with E-state index in [4.69, 9.17) is 0 Å². The molecule has 1 aromatic carbocycles. The number of nitrogens with zero attached hydrogens (tertiary/aromatic N) is 1. The molecule has 0 amide bonds. The molecule has 0 aliphatic heterocycles. The van der Waals surface area contributed by atoms with Crippen LogP contribution in [-0.4, -0.2) is 9.97 Å². The molecule has 15 heavy (non-hydrogen) atoms. The zero-order valence-electron chi connectivity index (χ0n) is 7.90. The molecule has 0 aliphatic carbocycles. The van der Waals surface area contributed by atoms with E-state index in [2.05, 4.69) is 9.97 Å². The van der Waals surface area contributed by atoms with Crippen LogP contribution in [0, 0.1) is 0 Å². The molecule has 3 nitrogen and oxygen atoms in total. The number of benzene rings is 1. The third-order valence-corrected chi connectivity index (χ3v) is 2.55. The Bertz CT molecular complexity index is 700. The lowest BCUT2D eigenvalue weighted by Crippen LogP contribution is -1.99. The van der Waals surface area contributed by atoms with Gasteiger partial charge in [-0.3, -0.25) is 9.78 Å². The third-order valence-electron chi connectivity index (χ3n) is 2.55. The summed E-state index contributed by atoms with van der Waals surface area (Å²) in [5.74, 6) is 0. The van der Waals surface area contributed by atoms with Gasteiger partial charge in [0.25, 0.3) is 0 Å². The highest BCUT2D eigenvalue weighted by molar-refractivity contribution is 6.04. The van der Waals surface area contributed by atoms with Crippen LogP contribution in [0.3, 0.4) is 0 Å². The van der Waals surface area contributed by atoms with Crippen molar-refractivity contribution in [3.63, 3.8) is 0 Å². The quantitative estimate of drug-likeness (QED) is 0.559. The molecule has 0 atom stereocenters. The van der Waals surface area contributed by atoms with Crippen molar-refractivity contribution >= 4 is 21.7 Å². The van der Waals surface area contributed by atoms with Gasteiger partial charge in [0.15, 0.2) is 5.43 Å². The molecule has 0 radical (unpaired) electrons. The fraction of sp³-hybridized carbons (Fsp3) is 0. The summed E-state index contributed by atoms with van der Waals surface area (Å²) >= 11 is 0. The molecular weight excluding hydrogens is 188 g/mol. The van der Waals surface area contributed by atoms with Gasteiger partial charge in [0, 0.05) is 40.8 Å². The van der Waals surface area contributed by atoms with E-state index in [-0.39, 0.29) is 5.43 Å². The number of H-pyrrole nitrogens is 1. The van der Waals surface area contributed by atoms with Crippen molar-refractivity contribution < 1.29 is 0 Å². The first kappa shape index (κ1) is 8.17. The maximum Gasteiger partial charge on any atom is 0.189 e. The molecule has 0 unspecified atom stereocenters. The summed E-state index contributed by atoms with van der Waals surface area (Å²) in [4.78, 5) is 18.7. The van der Waals surface area contributed by atoms with Gasteiger partial charge in [-0.05, 0) is 12.1 Å². The molecule has 3 heteroatoms. The van der Waals surface area contributed by atoms with E-state index in [1.165, 1.54) is 6.07 Å². The minimum atomic E-state index is 0.0439. The Kier molecular flexibility index (Phi) is 1.59. The van der Waals surface area contributed by atoms with Crippen LogP contribution < -0.4 is 5.43 Å². The van der Waals surface area contributed by atoms with Gasteiger partial charge in [0.1, 0.15) is 0 Å². The normalized spacial score (nSPS) is 10.9. The summed E-state index contributed by atoms with van der Waals surface area (Å²) in [6, 6.07) is 7.20. The van der Waals surface area contributed by atoms with Crippen molar-refractivity contribution in [2.24, 2.45) is 0 Å². The summed E-state index contributed by atoms with van der Waals surface area (Å²) < 4.78 is 0. The summed E-state index contributed by atoms with van der Waals surface area (Å²) in [5.41, 5.74) is 0.921. The van der Waals surface area contributed by atoms with Crippen LogP contribution in [-0.2, 0) is 0 Å². The van der Waals surface area contributed by atoms with E-state index in [0.717, 1.165) is 21.7 Å². The van der Waals surface area contributed by atoms with Gasteiger partial charge in [-0.1, -0.05) is 6.07 Å². The molecule has 2 aromatic heterocycles. The Morgan fingerprint density at radius 3 is 2.93 bits per heavy atom. The maximum absolute atomic E-state index is 11.6. The minimum Gasteiger partial charge on any atom is -0.360 e. The number of hydrogen-bond donors (Lipinski definition) is 1. The number of aromatic amines is 1. The fourth-order valence-corrected chi connectivity index (χ4v) is 1.82. The largest absolute Gasteiger partial charge is 0.360 e. The molecule has 1 N–H and O–H groups in total. The van der Waals surface area contributed by atoms with E-state index in [9.17, 15) is 4.79 Å². The van der Waals surface area contributed by atoms with Crippen molar-refractivity contribution in [1.29, 1.82) is 0 Å². The van der Waals surface area contributed by atoms with Crippen molar-refractivity contribution in [1.82, 2.24) is 9.97 Å². The standard InChI is InChI=1S/C12H8N2O/c15-11-4-6-14-12-9-3-5-13-7-8(9)1-2-10(11)12/h1-7H,(H,14,15). The number of hydrogen-bond acceptors (Lipinski definition) is 2. The van der Waals surface area contributed by atoms with E-state index in [1.807, 2.05) is 18.2 Å². The van der Waals surface area contributed by atoms with Crippen LogP contribution in [0.1, 0.15) is 0 Å². The van der Waals surface area contributed by atoms with Crippen molar-refractivity contribution in [2.75, 3.05) is 0 Å². The lowest BCUT2D eigenvalue weighted by atomic mass is 10.1. The fourth-order valence-electron chi connectivity index (χ4n) is 1.82. The van der Waals surface area contributed by atoms with Crippen molar-refractivity contribution in [2.45, 2.75) is 0 Å². The van der Waals surface area contributed by atoms with Crippen LogP contribution in [0.15, 0.2) is 47.7 Å². The number of fused-ring (bicyclic) bond motifs is 3. The average Bonchev–Trinajstić information content (AvgIpc) is 2.29. The van der Waals surface area contributed by atoms with Gasteiger partial charge in [-0.2, -0.15) is 0 Å². The van der Waals surface area contributed by atoms with E-state index < -0.39 is 0 Å². The Hall–Kier alpha value is -2.16. The summed E-state index contributed by atoms with van der Waals surface area (Å²) in [7, 11) is 0. The first-order chi connectivity index (χ1) is 7.36. The zero-order valence-corrected chi connectivity index (χ0v) is 7.90. The minimum absolute atomic E-state index is 0.0439. The molecule has 2 heterocycles. The highest BCUT2D eigenvalue weighted by Crippen LogP contribution is 2.19. The molecule has 3 aromatic rings. The van der Waals surface area contributed by atoms with Gasteiger partial charge >= 0.3 is 0 Å². The predicted molar refractivity (Wildman–Crippen MR) is 59.9 cm³/mol. The molecule has 72 valence electrons. The Labute approximate surface area is 85.4 Å². The molecule has 0 fully saturated rings. The first-order valence-electron chi connectivity index (χ1n) is 4.70. The topological polar surface area (TPSA) is 45.8 Å². The molecule has 0 bridgehead atoms. The lowest BCUT2D eigenvalue weighted by Gasteiger charge is -2.01. The lowest BCUT2D eigenvalue weighted by molar-refractivity contribution is 1.36. The summed E-state index contributed by atoms with van der Waals surface area (Å²) in [5, 5.41) is 2.78. The van der Waals surface area contributed by atoms with Crippen LogP contribution >= 0.6 is 0 Å². The molecule has 0 saturated carbocycles. The second kappa shape index (κ2) is 2.92. The molecular formula is C12H8N2O. The van der Waals surface area contributed by atoms with Gasteiger partial charge in [-0.15, -0.1) is 0 Å². The Balaban J connectivity index is 2.67. The van der Waals surface area contributed by atoms with Crippen LogP contribution in [0.2, 0.25) is 0 Å². The van der Waals surface area contributed by atoms with Gasteiger partial charge in [-0.25, -0.2) is 0 Å². The van der Waals surface area contributed by atoms with Crippen LogP contribution in [0.25, 0.3) is 21.7 Å². The van der Waals surface area contributed by atoms with Gasteiger partial charge in [0.05, 0.1) is 5.52 Å². The number of nitrogens with one attached hydrogen (secondary N) is 1. The highest BCUT2D eigenvalue weighted by atomic mass is 16.1. The molecule has 0 saturated heterocycles. The Morgan fingerprint density at radius 2 is 2.00 bits per heavy atom. The van der Waals surface area contributed by atoms with Crippen LogP contribution in [0.5, 0.6) is 0 Å². The van der Waals surface area contributed by atoms with Gasteiger partial charge < -0.3 is 4.98 Å². The van der Waals surface area contributed by atoms with Crippen molar-refractivity contribution in [3.8, 4) is 0 Å². The predicted octanol–water partition coefficient (Wildman–Crippen LogP) is 2.08. The number of pyridine rings is 2. The average molecular weight is 196 g/mol. The molecule has 0 spiro atoms. The Morgan fingerprint density at radius 1 is 1.07 bits per heavy atom. The van der Waals surface area contributed by atoms with E-state index >= 15 is 0 Å². The van der Waals surface area contributed by atoms with E-state index in [0.29, 0.717) is 0 Å². The number of rotatable bonds is 0. The maximum atomic E-state index is 11.6. The van der Waals surface area contributed by atoms with Crippen molar-refractivity contribution in [3.05, 3.63) is 53.1 Å². The highest BCUT2D eigenvalue weighted by Gasteiger charge is 2.01. The monoisotopic (exact) mass is 196 g/mol. The second-order valence-corrected chi connectivity index (χ2v) is 3.43. The third kappa shape index (κ3) is 1.13. The van der Waals surface area contributed by atoms with Gasteiger partial charge in [0.2, 0.25) is 0 Å². The molecule has 0 aliphatic rings. The first-order valence-corrected chi connectivity index (χ1v) is 4.70. The second-order valence-electron chi connectivity index (χ2n) is 3.43. The van der Waals surface area contributed by atoms with Crippen LogP contribution in [0.4, 0.5) is 0 Å². The summed E-state index contributed by atoms with van der Waals surface area (Å²) in [6.45, 7) is 0. The SMILES string of the molecule is O=c1cc[nH]c2c1ccc1cnccc12. The smallest absolute Gasteiger partial charge is 0.189 e. The number of aromatic nitrogens is 2. The molecule has 3 rings (SSSR count). The van der Waals surface area contributed by atoms with E-state index in [1.54, 1.807) is 18.6 Å². The summed E-state index contributed by atoms with van der Waals surface area (Å²) in [6.07, 6.45) is 5.19. The zero-order chi connectivity index (χ0) is 10.3.